The fraction of sp³-hybridized carbons (Fsp3) is 0.438. The molecule has 18 nitrogen and oxygen atoms in total. The third-order valence-corrected chi connectivity index (χ3v) is 13.2. The molecule has 0 aliphatic carbocycles. The van der Waals surface area contributed by atoms with E-state index in [0.717, 1.165) is 18.4 Å². The molecular weight excluding hydrogens is 884 g/mol. The number of aromatic nitrogens is 2. The van der Waals surface area contributed by atoms with Crippen molar-refractivity contribution in [1.82, 2.24) is 19.8 Å². The minimum absolute atomic E-state index is 0.0742. The third-order valence-electron chi connectivity index (χ3n) is 12.4. The van der Waals surface area contributed by atoms with E-state index in [1.165, 1.54) is 18.1 Å². The highest BCUT2D eigenvalue weighted by molar-refractivity contribution is 7.51. The minimum atomic E-state index is -5.30. The lowest BCUT2D eigenvalue weighted by Gasteiger charge is -2.48. The van der Waals surface area contributed by atoms with Gasteiger partial charge in [0.1, 0.15) is 30.6 Å². The fourth-order valence-electron chi connectivity index (χ4n) is 8.78. The molecule has 6 rings (SSSR count). The summed E-state index contributed by atoms with van der Waals surface area (Å²) >= 11 is 0. The van der Waals surface area contributed by atoms with Crippen LogP contribution in [0.5, 0.6) is 0 Å². The molecule has 2 aliphatic rings. The summed E-state index contributed by atoms with van der Waals surface area (Å²) in [5, 5.41) is 0. The Labute approximate surface area is 390 Å². The van der Waals surface area contributed by atoms with Crippen molar-refractivity contribution in [2.45, 2.75) is 63.3 Å². The van der Waals surface area contributed by atoms with Crippen molar-refractivity contribution in [2.24, 2.45) is 0 Å². The van der Waals surface area contributed by atoms with E-state index < -0.39 is 66.2 Å². The van der Waals surface area contributed by atoms with E-state index in [2.05, 4.69) is 0 Å². The van der Waals surface area contributed by atoms with E-state index in [0.29, 0.717) is 48.4 Å². The molecule has 1 aromatic heterocycles. The van der Waals surface area contributed by atoms with E-state index in [9.17, 15) is 28.7 Å². The second-order valence-electron chi connectivity index (χ2n) is 16.7. The maximum absolute atomic E-state index is 16.2. The summed E-state index contributed by atoms with van der Waals surface area (Å²) in [6, 6.07) is 22.6. The molecule has 0 radical (unpaired) electrons. The van der Waals surface area contributed by atoms with Gasteiger partial charge in [0, 0.05) is 44.7 Å². The molecule has 2 N–H and O–H groups in total. The average Bonchev–Trinajstić information content (AvgIpc) is 3.85. The smallest absolute Gasteiger partial charge is 0.410 e. The molecule has 19 heteroatoms. The molecule has 0 saturated carbocycles. The summed E-state index contributed by atoms with van der Waals surface area (Å²) in [5.41, 5.74) is 1.43. The number of benzene rings is 3. The second-order valence-corrected chi connectivity index (χ2v) is 18.4. The number of anilines is 1. The van der Waals surface area contributed by atoms with Gasteiger partial charge in [-0.1, -0.05) is 104 Å². The number of piperazine rings is 1. The SMILES string of the molecule is CCCCOC(=O)N1CC[N+](C(=O)[C@H](CP(=O)(O)O)N(C(=O)c2cc(N3CC[C@H](OC)C3)nc(-c3ccccc3)n2)C(Cc2ccccc2)C(=O)OC)([C@@H](Cc2ccccc2)C(=O)OC)CC1. The summed E-state index contributed by atoms with van der Waals surface area (Å²) in [7, 11) is -1.41. The fourth-order valence-corrected chi connectivity index (χ4v) is 9.56. The lowest BCUT2D eigenvalue weighted by molar-refractivity contribution is -0.876. The van der Waals surface area contributed by atoms with Crippen LogP contribution in [-0.4, -0.2) is 161 Å². The number of rotatable bonds is 19. The molecule has 2 fully saturated rings. The molecule has 1 unspecified atom stereocenters. The Kier molecular flexibility index (Phi) is 17.4. The third kappa shape index (κ3) is 12.5. The van der Waals surface area contributed by atoms with Crippen molar-refractivity contribution in [2.75, 3.05) is 78.3 Å². The highest BCUT2D eigenvalue weighted by Gasteiger charge is 2.57. The summed E-state index contributed by atoms with van der Waals surface area (Å²) in [5.74, 6) is -3.32. The Hall–Kier alpha value is -6.04. The number of esters is 2. The normalized spacial score (nSPS) is 17.2. The van der Waals surface area contributed by atoms with Gasteiger partial charge in [-0.15, -0.1) is 0 Å². The molecule has 4 aromatic rings. The lowest BCUT2D eigenvalue weighted by Crippen LogP contribution is -2.74. The van der Waals surface area contributed by atoms with Gasteiger partial charge in [0.2, 0.25) is 0 Å². The van der Waals surface area contributed by atoms with E-state index in [1.54, 1.807) is 98.1 Å². The quantitative estimate of drug-likeness (QED) is 0.0435. The van der Waals surface area contributed by atoms with Gasteiger partial charge < -0.3 is 38.5 Å². The molecular formula is C48H60N6O12P+. The van der Waals surface area contributed by atoms with Crippen LogP contribution in [0.3, 0.4) is 0 Å². The largest absolute Gasteiger partial charge is 0.467 e. The van der Waals surface area contributed by atoms with E-state index in [-0.39, 0.29) is 63.2 Å². The number of carbonyl (C=O) groups excluding carboxylic acids is 5. The molecule has 3 amide bonds. The molecule has 2 aliphatic heterocycles. The highest BCUT2D eigenvalue weighted by Crippen LogP contribution is 2.40. The van der Waals surface area contributed by atoms with E-state index in [4.69, 9.17) is 28.9 Å². The topological polar surface area (TPSA) is 215 Å². The van der Waals surface area contributed by atoms with Crippen molar-refractivity contribution in [3.8, 4) is 11.4 Å². The number of quaternary nitrogens is 1. The molecule has 67 heavy (non-hydrogen) atoms. The molecule has 3 heterocycles. The molecule has 0 bridgehead atoms. The van der Waals surface area contributed by atoms with Crippen LogP contribution >= 0.6 is 7.60 Å². The number of nitrogens with zero attached hydrogens (tertiary/aromatic N) is 6. The zero-order valence-corrected chi connectivity index (χ0v) is 39.2. The van der Waals surface area contributed by atoms with Crippen LogP contribution in [-0.2, 0) is 50.7 Å². The maximum atomic E-state index is 16.2. The Bertz CT molecular complexity index is 2360. The van der Waals surface area contributed by atoms with Crippen LogP contribution in [0.25, 0.3) is 11.4 Å². The number of hydrogen-bond donors (Lipinski definition) is 2. The van der Waals surface area contributed by atoms with Crippen LogP contribution in [0, 0.1) is 0 Å². The van der Waals surface area contributed by atoms with Crippen LogP contribution in [0.4, 0.5) is 10.6 Å². The number of carbonyl (C=O) groups is 5. The number of amides is 3. The molecule has 4 atom stereocenters. The van der Waals surface area contributed by atoms with Gasteiger partial charge >= 0.3 is 31.5 Å². The number of methoxy groups -OCH3 is 3. The van der Waals surface area contributed by atoms with Crippen molar-refractivity contribution < 1.29 is 61.8 Å². The first-order valence-electron chi connectivity index (χ1n) is 22.4. The zero-order valence-electron chi connectivity index (χ0n) is 38.3. The van der Waals surface area contributed by atoms with Crippen LogP contribution < -0.4 is 4.90 Å². The van der Waals surface area contributed by atoms with Gasteiger partial charge in [-0.2, -0.15) is 0 Å². The number of ether oxygens (including phenoxy) is 4. The molecule has 358 valence electrons. The Balaban J connectivity index is 1.58. The van der Waals surface area contributed by atoms with Gasteiger partial charge in [0.15, 0.2) is 17.9 Å². The van der Waals surface area contributed by atoms with Gasteiger partial charge in [-0.3, -0.25) is 14.3 Å². The molecule has 3 aromatic carbocycles. The first kappa shape index (κ1) is 50.4. The van der Waals surface area contributed by atoms with Gasteiger partial charge in [-0.05, 0) is 24.0 Å². The van der Waals surface area contributed by atoms with Crippen molar-refractivity contribution in [3.05, 3.63) is 114 Å². The van der Waals surface area contributed by atoms with Gasteiger partial charge in [-0.25, -0.2) is 33.6 Å². The summed E-state index contributed by atoms with van der Waals surface area (Å²) in [6.45, 7) is 2.33. The Morgan fingerprint density at radius 1 is 0.806 bits per heavy atom. The monoisotopic (exact) mass is 943 g/mol. The summed E-state index contributed by atoms with van der Waals surface area (Å²) in [4.78, 5) is 110. The average molecular weight is 944 g/mol. The predicted octanol–water partition coefficient (Wildman–Crippen LogP) is 4.52. The van der Waals surface area contributed by atoms with Gasteiger partial charge in [0.25, 0.3) is 5.91 Å². The lowest BCUT2D eigenvalue weighted by atomic mass is 9.97. The van der Waals surface area contributed by atoms with Crippen molar-refractivity contribution in [3.63, 3.8) is 0 Å². The predicted molar refractivity (Wildman–Crippen MR) is 247 cm³/mol. The van der Waals surface area contributed by atoms with Crippen LogP contribution in [0.2, 0.25) is 0 Å². The summed E-state index contributed by atoms with van der Waals surface area (Å²) in [6.07, 6.45) is -0.274. The number of unbranched alkanes of at least 4 members (excludes halogenated alkanes) is 1. The van der Waals surface area contributed by atoms with Crippen LogP contribution in [0.15, 0.2) is 97.1 Å². The zero-order chi connectivity index (χ0) is 48.1. The standard InChI is InChI=1S/C48H59N6O12P/c1-5-6-28-66-48(59)51-24-26-54(27-25-51,41(47(58)65-4)30-35-18-12-8-13-19-35)45(56)40(33-67(60,61)62)53(39(46(57)64-3)29-34-16-10-7-11-17-34)44(55)38-31-42(52-23-22-37(32-52)63-2)50-43(49-38)36-20-14-9-15-21-36/h7-21,31,37,39-41H,5-6,22-30,32-33H2,1-4H3,(H-,60,61,62)/p+1/t37-,39?,40-,41-/m0/s1. The van der Waals surface area contributed by atoms with Crippen molar-refractivity contribution >= 4 is 43.3 Å². The maximum Gasteiger partial charge on any atom is 0.410 e. The Morgan fingerprint density at radius 2 is 1.40 bits per heavy atom. The minimum Gasteiger partial charge on any atom is -0.467 e. The van der Waals surface area contributed by atoms with Gasteiger partial charge in [0.05, 0.1) is 46.2 Å². The second kappa shape index (κ2) is 23.1. The summed E-state index contributed by atoms with van der Waals surface area (Å²) < 4.78 is 34.6. The van der Waals surface area contributed by atoms with E-state index in [1.807, 2.05) is 11.8 Å². The molecule has 0 spiro atoms. The Morgan fingerprint density at radius 3 is 1.96 bits per heavy atom. The number of hydrogen-bond acceptors (Lipinski definition) is 13. The highest BCUT2D eigenvalue weighted by atomic mass is 31.2. The molecule has 2 saturated heterocycles. The van der Waals surface area contributed by atoms with Crippen molar-refractivity contribution in [1.29, 1.82) is 0 Å². The first-order valence-corrected chi connectivity index (χ1v) is 24.2. The van der Waals surface area contributed by atoms with Crippen LogP contribution in [0.1, 0.15) is 47.8 Å². The van der Waals surface area contributed by atoms with E-state index >= 15 is 9.59 Å². The first-order chi connectivity index (χ1) is 32.2.